The molecule has 0 aromatic heterocycles. The maximum Gasteiger partial charge on any atom is 0.420 e. The molecule has 3 nitrogen and oxygen atoms in total. The van der Waals surface area contributed by atoms with Crippen molar-refractivity contribution in [3.63, 3.8) is 0 Å². The van der Waals surface area contributed by atoms with Crippen LogP contribution in [0.3, 0.4) is 0 Å². The highest BCUT2D eigenvalue weighted by Gasteiger charge is 2.69. The molecule has 2 rings (SSSR count). The van der Waals surface area contributed by atoms with E-state index in [-0.39, 0.29) is 18.3 Å². The van der Waals surface area contributed by atoms with Crippen LogP contribution in [0.2, 0.25) is 0 Å². The number of nitrogens with one attached hydrogen (secondary N) is 1. The molecule has 0 heterocycles. The summed E-state index contributed by atoms with van der Waals surface area (Å²) in [5.41, 5.74) is -4.18. The SMILES string of the molecule is CC(NC(=O)N(c1ccccc1)c1ccccc1)(C(F)(F)F)C(F)(F)F. The summed E-state index contributed by atoms with van der Waals surface area (Å²) in [6.07, 6.45) is -11.5. The predicted molar refractivity (Wildman–Crippen MR) is 84.1 cm³/mol. The van der Waals surface area contributed by atoms with E-state index in [0.29, 0.717) is 0 Å². The van der Waals surface area contributed by atoms with Crippen LogP contribution >= 0.6 is 0 Å². The Bertz CT molecular complexity index is 690. The lowest BCUT2D eigenvalue weighted by atomic mass is 10.0. The lowest BCUT2D eigenvalue weighted by Crippen LogP contribution is -2.67. The fraction of sp³-hybridized carbons (Fsp3) is 0.235. The molecule has 140 valence electrons. The van der Waals surface area contributed by atoms with Gasteiger partial charge in [-0.25, -0.2) is 4.79 Å². The van der Waals surface area contributed by atoms with Crippen LogP contribution in [0.5, 0.6) is 0 Å². The van der Waals surface area contributed by atoms with Gasteiger partial charge >= 0.3 is 18.4 Å². The Hall–Kier alpha value is -2.71. The molecule has 0 fully saturated rings. The highest BCUT2D eigenvalue weighted by atomic mass is 19.4. The van der Waals surface area contributed by atoms with E-state index in [2.05, 4.69) is 0 Å². The molecule has 0 aliphatic rings. The molecular formula is C17H14F6N2O. The van der Waals surface area contributed by atoms with Gasteiger partial charge in [-0.2, -0.15) is 26.3 Å². The van der Waals surface area contributed by atoms with Gasteiger partial charge in [0.05, 0.1) is 11.4 Å². The minimum Gasteiger partial charge on any atom is -0.316 e. The van der Waals surface area contributed by atoms with E-state index < -0.39 is 23.9 Å². The molecule has 2 amide bonds. The number of benzene rings is 2. The van der Waals surface area contributed by atoms with Crippen molar-refractivity contribution in [1.82, 2.24) is 5.32 Å². The van der Waals surface area contributed by atoms with Crippen LogP contribution in [0, 0.1) is 0 Å². The van der Waals surface area contributed by atoms with Gasteiger partial charge in [0, 0.05) is 0 Å². The van der Waals surface area contributed by atoms with E-state index in [0.717, 1.165) is 10.2 Å². The van der Waals surface area contributed by atoms with Gasteiger partial charge in [0.1, 0.15) is 0 Å². The number of amides is 2. The molecule has 0 spiro atoms. The van der Waals surface area contributed by atoms with Crippen molar-refractivity contribution in [1.29, 1.82) is 0 Å². The largest absolute Gasteiger partial charge is 0.420 e. The molecule has 0 aliphatic carbocycles. The summed E-state index contributed by atoms with van der Waals surface area (Å²) in [5.74, 6) is 0. The average molecular weight is 376 g/mol. The zero-order valence-corrected chi connectivity index (χ0v) is 13.4. The highest BCUT2D eigenvalue weighted by molar-refractivity contribution is 5.99. The van der Waals surface area contributed by atoms with Gasteiger partial charge in [-0.05, 0) is 31.2 Å². The summed E-state index contributed by atoms with van der Waals surface area (Å²) >= 11 is 0. The fourth-order valence-corrected chi connectivity index (χ4v) is 2.11. The number of rotatable bonds is 3. The lowest BCUT2D eigenvalue weighted by Gasteiger charge is -2.36. The fourth-order valence-electron chi connectivity index (χ4n) is 2.11. The summed E-state index contributed by atoms with van der Waals surface area (Å²) in [4.78, 5) is 13.2. The monoisotopic (exact) mass is 376 g/mol. The maximum atomic E-state index is 13.1. The smallest absolute Gasteiger partial charge is 0.316 e. The Morgan fingerprint density at radius 3 is 1.42 bits per heavy atom. The first-order valence-corrected chi connectivity index (χ1v) is 7.33. The number of alkyl halides is 6. The third kappa shape index (κ3) is 3.76. The van der Waals surface area contributed by atoms with Crippen LogP contribution in [0.1, 0.15) is 6.92 Å². The Balaban J connectivity index is 2.48. The standard InChI is InChI=1S/C17H14F6N2O/c1-15(16(18,19)20,17(21,22)23)24-14(26)25(12-8-4-2-5-9-12)13-10-6-3-7-11-13/h2-11H,1H3,(H,24,26). The van der Waals surface area contributed by atoms with Crippen molar-refractivity contribution in [3.8, 4) is 0 Å². The van der Waals surface area contributed by atoms with Crippen LogP contribution in [0.4, 0.5) is 42.5 Å². The molecule has 2 aromatic rings. The molecule has 1 N–H and O–H groups in total. The molecule has 0 saturated carbocycles. The summed E-state index contributed by atoms with van der Waals surface area (Å²) in [6.45, 7) is -0.112. The Labute approximate surface area is 145 Å². The number of carbonyl (C=O) groups excluding carboxylic acids is 1. The maximum absolute atomic E-state index is 13.1. The van der Waals surface area contributed by atoms with Crippen molar-refractivity contribution in [2.45, 2.75) is 24.8 Å². The number of hydrogen-bond donors (Lipinski definition) is 1. The minimum atomic E-state index is -5.74. The first-order chi connectivity index (χ1) is 12.0. The third-order valence-corrected chi connectivity index (χ3v) is 3.72. The normalized spacial score (nSPS) is 12.6. The molecule has 0 atom stereocenters. The number of para-hydroxylation sites is 2. The van der Waals surface area contributed by atoms with Crippen LogP contribution in [0.15, 0.2) is 60.7 Å². The molecule has 26 heavy (non-hydrogen) atoms. The van der Waals surface area contributed by atoms with E-state index in [1.54, 1.807) is 12.1 Å². The van der Waals surface area contributed by atoms with Gasteiger partial charge in [0.2, 0.25) is 5.54 Å². The van der Waals surface area contributed by atoms with Crippen LogP contribution in [0.25, 0.3) is 0 Å². The van der Waals surface area contributed by atoms with Gasteiger partial charge in [-0.1, -0.05) is 36.4 Å². The first-order valence-electron chi connectivity index (χ1n) is 7.33. The second kappa shape index (κ2) is 6.89. The highest BCUT2D eigenvalue weighted by Crippen LogP contribution is 2.43. The molecule has 2 aromatic carbocycles. The van der Waals surface area contributed by atoms with E-state index in [4.69, 9.17) is 0 Å². The quantitative estimate of drug-likeness (QED) is 0.713. The number of carbonyl (C=O) groups is 1. The number of urea groups is 1. The van der Waals surface area contributed by atoms with Crippen LogP contribution in [-0.2, 0) is 0 Å². The molecule has 0 bridgehead atoms. The van der Waals surface area contributed by atoms with E-state index in [1.165, 1.54) is 48.5 Å². The summed E-state index contributed by atoms with van der Waals surface area (Å²) in [7, 11) is 0. The van der Waals surface area contributed by atoms with E-state index >= 15 is 0 Å². The van der Waals surface area contributed by atoms with E-state index in [1.807, 2.05) is 0 Å². The topological polar surface area (TPSA) is 32.3 Å². The molecular weight excluding hydrogens is 362 g/mol. The van der Waals surface area contributed by atoms with Gasteiger partial charge < -0.3 is 5.32 Å². The Morgan fingerprint density at radius 2 is 1.12 bits per heavy atom. The van der Waals surface area contributed by atoms with Crippen molar-refractivity contribution in [3.05, 3.63) is 60.7 Å². The number of hydrogen-bond acceptors (Lipinski definition) is 1. The molecule has 9 heteroatoms. The molecule has 0 radical (unpaired) electrons. The lowest BCUT2D eigenvalue weighted by molar-refractivity contribution is -0.297. The Morgan fingerprint density at radius 1 is 0.769 bits per heavy atom. The van der Waals surface area contributed by atoms with Gasteiger partial charge in [-0.3, -0.25) is 4.90 Å². The minimum absolute atomic E-state index is 0.112. The van der Waals surface area contributed by atoms with Crippen molar-refractivity contribution >= 4 is 17.4 Å². The molecule has 0 saturated heterocycles. The number of halogens is 6. The molecule has 0 unspecified atom stereocenters. The summed E-state index contributed by atoms with van der Waals surface area (Å²) in [6, 6.07) is 13.2. The summed E-state index contributed by atoms with van der Waals surface area (Å²) < 4.78 is 78.5. The van der Waals surface area contributed by atoms with Gasteiger partial charge in [-0.15, -0.1) is 0 Å². The van der Waals surface area contributed by atoms with Crippen molar-refractivity contribution < 1.29 is 31.1 Å². The first kappa shape index (κ1) is 19.6. The zero-order chi connectivity index (χ0) is 19.6. The number of nitrogens with zero attached hydrogens (tertiary/aromatic N) is 1. The van der Waals surface area contributed by atoms with Crippen LogP contribution in [-0.4, -0.2) is 23.9 Å². The molecule has 0 aliphatic heterocycles. The van der Waals surface area contributed by atoms with Crippen molar-refractivity contribution in [2.75, 3.05) is 4.90 Å². The van der Waals surface area contributed by atoms with Gasteiger partial charge in [0.15, 0.2) is 0 Å². The predicted octanol–water partition coefficient (Wildman–Crippen LogP) is 5.42. The van der Waals surface area contributed by atoms with E-state index in [9.17, 15) is 31.1 Å². The second-order valence-electron chi connectivity index (χ2n) is 5.56. The zero-order valence-electron chi connectivity index (χ0n) is 13.4. The Kier molecular flexibility index (Phi) is 5.20. The third-order valence-electron chi connectivity index (χ3n) is 3.72. The average Bonchev–Trinajstić information content (AvgIpc) is 2.55. The number of anilines is 2. The second-order valence-corrected chi connectivity index (χ2v) is 5.56. The summed E-state index contributed by atoms with van der Waals surface area (Å²) in [5, 5.41) is 1.11. The van der Waals surface area contributed by atoms with Gasteiger partial charge in [0.25, 0.3) is 0 Å². The van der Waals surface area contributed by atoms with Crippen LogP contribution < -0.4 is 10.2 Å². The van der Waals surface area contributed by atoms with Crippen molar-refractivity contribution in [2.24, 2.45) is 0 Å².